The first-order valence-corrected chi connectivity index (χ1v) is 11.4. The van der Waals surface area contributed by atoms with Crippen molar-refractivity contribution in [1.29, 1.82) is 0 Å². The Labute approximate surface area is 199 Å². The average molecular weight is 504 g/mol. The van der Waals surface area contributed by atoms with Crippen LogP contribution in [0.25, 0.3) is 21.2 Å². The number of hydrogen-bond acceptors (Lipinski definition) is 3. The highest BCUT2D eigenvalue weighted by Gasteiger charge is 2.47. The summed E-state index contributed by atoms with van der Waals surface area (Å²) in [6.07, 6.45) is -3.46. The van der Waals surface area contributed by atoms with Crippen LogP contribution in [0.4, 0.5) is 22.0 Å². The lowest BCUT2D eigenvalue weighted by Crippen LogP contribution is -2.59. The van der Waals surface area contributed by atoms with Crippen molar-refractivity contribution < 1.29 is 26.7 Å². The van der Waals surface area contributed by atoms with Crippen molar-refractivity contribution in [1.82, 2.24) is 9.47 Å². The lowest BCUT2D eigenvalue weighted by atomic mass is 9.88. The fraction of sp³-hybridized carbons (Fsp3) is 0.200. The summed E-state index contributed by atoms with van der Waals surface area (Å²) < 4.78 is 70.0. The molecule has 1 amide bonds. The van der Waals surface area contributed by atoms with Crippen molar-refractivity contribution >= 4 is 27.3 Å². The minimum Gasteiger partial charge on any atom is -0.334 e. The molecule has 1 saturated heterocycles. The third kappa shape index (κ3) is 4.12. The zero-order chi connectivity index (χ0) is 25.0. The van der Waals surface area contributed by atoms with Crippen molar-refractivity contribution in [3.63, 3.8) is 0 Å². The number of halogens is 5. The number of benzene rings is 2. The molecule has 2 aromatic heterocycles. The molecular weight excluding hydrogens is 487 g/mol. The Morgan fingerprint density at radius 2 is 1.77 bits per heavy atom. The highest BCUT2D eigenvalue weighted by Crippen LogP contribution is 2.38. The second-order valence-corrected chi connectivity index (χ2v) is 9.32. The SMILES string of the molecule is O=C(Cn1ccc2scc(-c3ccc(F)c(C(F)(F)F)c3)c2c1=O)N1CC(F)(c2ccccc2)C1. The van der Waals surface area contributed by atoms with E-state index in [1.165, 1.54) is 22.5 Å². The van der Waals surface area contributed by atoms with Gasteiger partial charge < -0.3 is 9.47 Å². The summed E-state index contributed by atoms with van der Waals surface area (Å²) in [5, 5.41) is 1.66. The predicted molar refractivity (Wildman–Crippen MR) is 122 cm³/mol. The molecule has 0 aliphatic carbocycles. The third-order valence-corrected chi connectivity index (χ3v) is 7.06. The maximum atomic E-state index is 15.1. The van der Waals surface area contributed by atoms with Gasteiger partial charge in [0.25, 0.3) is 5.56 Å². The molecule has 35 heavy (non-hydrogen) atoms. The number of likely N-dealkylation sites (tertiary alicyclic amines) is 1. The number of hydrogen-bond donors (Lipinski definition) is 0. The van der Waals surface area contributed by atoms with Crippen LogP contribution in [0.15, 0.2) is 71.0 Å². The van der Waals surface area contributed by atoms with Crippen molar-refractivity contribution in [2.45, 2.75) is 18.4 Å². The highest BCUT2D eigenvalue weighted by molar-refractivity contribution is 7.17. The molecule has 4 aromatic rings. The van der Waals surface area contributed by atoms with Gasteiger partial charge in [0.2, 0.25) is 5.91 Å². The molecule has 3 heterocycles. The monoisotopic (exact) mass is 504 g/mol. The van der Waals surface area contributed by atoms with E-state index in [1.54, 1.807) is 36.4 Å². The number of thiophene rings is 1. The molecule has 0 radical (unpaired) electrons. The molecule has 1 aliphatic heterocycles. The summed E-state index contributed by atoms with van der Waals surface area (Å²) in [6.45, 7) is -0.606. The summed E-state index contributed by atoms with van der Waals surface area (Å²) in [7, 11) is 0. The molecule has 0 atom stereocenters. The number of carbonyl (C=O) groups is 1. The maximum Gasteiger partial charge on any atom is 0.419 e. The van der Waals surface area contributed by atoms with E-state index in [1.807, 2.05) is 0 Å². The number of aromatic nitrogens is 1. The molecule has 2 aromatic carbocycles. The number of alkyl halides is 4. The lowest BCUT2D eigenvalue weighted by Gasteiger charge is -2.44. The number of nitrogens with zero attached hydrogens (tertiary/aromatic N) is 2. The van der Waals surface area contributed by atoms with Gasteiger partial charge in [-0.05, 0) is 29.3 Å². The highest BCUT2D eigenvalue weighted by atomic mass is 32.1. The number of fused-ring (bicyclic) bond motifs is 1. The Hall–Kier alpha value is -3.53. The molecular formula is C25H17F5N2O2S. The summed E-state index contributed by atoms with van der Waals surface area (Å²) in [4.78, 5) is 27.2. The first kappa shape index (κ1) is 23.2. The fourth-order valence-corrected chi connectivity index (χ4v) is 5.19. The van der Waals surface area contributed by atoms with Crippen LogP contribution < -0.4 is 5.56 Å². The van der Waals surface area contributed by atoms with Crippen LogP contribution in [-0.4, -0.2) is 28.5 Å². The average Bonchev–Trinajstić information content (AvgIpc) is 3.24. The first-order chi connectivity index (χ1) is 16.6. The van der Waals surface area contributed by atoms with Gasteiger partial charge >= 0.3 is 6.18 Å². The van der Waals surface area contributed by atoms with Crippen LogP contribution in [0.2, 0.25) is 0 Å². The maximum absolute atomic E-state index is 15.1. The topological polar surface area (TPSA) is 42.3 Å². The fourth-order valence-electron chi connectivity index (χ4n) is 4.23. The van der Waals surface area contributed by atoms with Gasteiger partial charge in [-0.15, -0.1) is 11.3 Å². The van der Waals surface area contributed by atoms with Crippen LogP contribution in [0.3, 0.4) is 0 Å². The van der Waals surface area contributed by atoms with Crippen LogP contribution in [0, 0.1) is 5.82 Å². The van der Waals surface area contributed by atoms with Crippen LogP contribution in [-0.2, 0) is 23.2 Å². The van der Waals surface area contributed by atoms with Gasteiger partial charge in [-0.2, -0.15) is 13.2 Å². The number of pyridine rings is 1. The molecule has 0 bridgehead atoms. The zero-order valence-electron chi connectivity index (χ0n) is 18.0. The lowest BCUT2D eigenvalue weighted by molar-refractivity contribution is -0.147. The van der Waals surface area contributed by atoms with E-state index >= 15 is 4.39 Å². The van der Waals surface area contributed by atoms with Gasteiger partial charge in [0.15, 0.2) is 5.67 Å². The van der Waals surface area contributed by atoms with E-state index in [0.29, 0.717) is 22.4 Å². The van der Waals surface area contributed by atoms with Crippen molar-refractivity contribution in [3.05, 3.63) is 93.5 Å². The molecule has 10 heteroatoms. The van der Waals surface area contributed by atoms with Gasteiger partial charge in [-0.25, -0.2) is 8.78 Å². The minimum atomic E-state index is -4.89. The quantitative estimate of drug-likeness (QED) is 0.340. The summed E-state index contributed by atoms with van der Waals surface area (Å²) >= 11 is 1.15. The van der Waals surface area contributed by atoms with E-state index < -0.39 is 34.7 Å². The Balaban J connectivity index is 1.42. The first-order valence-electron chi connectivity index (χ1n) is 10.6. The number of amides is 1. The molecule has 0 saturated carbocycles. The molecule has 1 fully saturated rings. The Morgan fingerprint density at radius 1 is 1.06 bits per heavy atom. The summed E-state index contributed by atoms with van der Waals surface area (Å²) in [5.41, 5.74) is -2.91. The second-order valence-electron chi connectivity index (χ2n) is 8.41. The van der Waals surface area contributed by atoms with Gasteiger partial charge in [0.1, 0.15) is 12.4 Å². The smallest absolute Gasteiger partial charge is 0.334 e. The zero-order valence-corrected chi connectivity index (χ0v) is 18.8. The van der Waals surface area contributed by atoms with Gasteiger partial charge in [-0.1, -0.05) is 36.4 Å². The summed E-state index contributed by atoms with van der Waals surface area (Å²) in [6, 6.07) is 12.7. The van der Waals surface area contributed by atoms with E-state index in [-0.39, 0.29) is 36.1 Å². The molecule has 1 aliphatic rings. The van der Waals surface area contributed by atoms with Gasteiger partial charge in [0, 0.05) is 21.8 Å². The summed E-state index contributed by atoms with van der Waals surface area (Å²) in [5.74, 6) is -1.86. The van der Waals surface area contributed by atoms with E-state index in [9.17, 15) is 27.2 Å². The largest absolute Gasteiger partial charge is 0.419 e. The Kier molecular flexibility index (Phi) is 5.51. The number of rotatable bonds is 4. The van der Waals surface area contributed by atoms with Crippen LogP contribution >= 0.6 is 11.3 Å². The van der Waals surface area contributed by atoms with Gasteiger partial charge in [0.05, 0.1) is 24.0 Å². The van der Waals surface area contributed by atoms with Crippen molar-refractivity contribution in [3.8, 4) is 11.1 Å². The predicted octanol–water partition coefficient (Wildman–Crippen LogP) is 5.60. The van der Waals surface area contributed by atoms with Crippen LogP contribution in [0.5, 0.6) is 0 Å². The van der Waals surface area contributed by atoms with Crippen molar-refractivity contribution in [2.24, 2.45) is 0 Å². The van der Waals surface area contributed by atoms with E-state index in [2.05, 4.69) is 0 Å². The van der Waals surface area contributed by atoms with Crippen LogP contribution in [0.1, 0.15) is 11.1 Å². The van der Waals surface area contributed by atoms with E-state index in [4.69, 9.17) is 0 Å². The molecule has 0 N–H and O–H groups in total. The second kappa shape index (κ2) is 8.30. The standard InChI is InChI=1S/C25H17F5N2O2S/c26-19-7-6-15(10-18(19)25(28,29)30)17-12-35-20-8-9-31(23(34)22(17)20)11-21(33)32-13-24(27,14-32)16-4-2-1-3-5-16/h1-10,12H,11,13-14H2. The molecule has 180 valence electrons. The molecule has 0 spiro atoms. The minimum absolute atomic E-state index is 0.0407. The molecule has 5 rings (SSSR count). The van der Waals surface area contributed by atoms with Crippen molar-refractivity contribution in [2.75, 3.05) is 13.1 Å². The number of carbonyl (C=O) groups excluding carboxylic acids is 1. The molecule has 4 nitrogen and oxygen atoms in total. The molecule has 0 unspecified atom stereocenters. The normalized spacial score (nSPS) is 15.3. The Bertz CT molecular complexity index is 1490. The third-order valence-electron chi connectivity index (χ3n) is 6.12. The Morgan fingerprint density at radius 3 is 2.46 bits per heavy atom. The van der Waals surface area contributed by atoms with E-state index in [0.717, 1.165) is 15.9 Å². The van der Waals surface area contributed by atoms with Gasteiger partial charge in [-0.3, -0.25) is 9.59 Å².